The summed E-state index contributed by atoms with van der Waals surface area (Å²) in [5.74, 6) is -0.897. The van der Waals surface area contributed by atoms with Crippen molar-refractivity contribution < 1.29 is 29.0 Å². The fourth-order valence-corrected chi connectivity index (χ4v) is 3.45. The first kappa shape index (κ1) is 21.9. The van der Waals surface area contributed by atoms with Gasteiger partial charge in [0.15, 0.2) is 23.3 Å². The van der Waals surface area contributed by atoms with Gasteiger partial charge in [0, 0.05) is 12.6 Å². The number of thioether (sulfide) groups is 1. The summed E-state index contributed by atoms with van der Waals surface area (Å²) in [6.07, 6.45) is 1.67. The van der Waals surface area contributed by atoms with Gasteiger partial charge < -0.3 is 25.2 Å². The lowest BCUT2D eigenvalue weighted by molar-refractivity contribution is -0.139. The largest absolute Gasteiger partial charge is 0.493 e. The van der Waals surface area contributed by atoms with Crippen molar-refractivity contribution in [3.05, 3.63) is 52.9 Å². The number of methoxy groups -OCH3 is 1. The molecule has 1 aliphatic rings. The van der Waals surface area contributed by atoms with Crippen LogP contribution in [0, 0.1) is 0 Å². The van der Waals surface area contributed by atoms with E-state index in [0.717, 1.165) is 0 Å². The molecule has 31 heavy (non-hydrogen) atoms. The molecular formula is C21H19N3O6S. The zero-order valence-corrected chi connectivity index (χ0v) is 17.5. The van der Waals surface area contributed by atoms with Crippen molar-refractivity contribution in [2.75, 3.05) is 19.0 Å². The number of anilines is 1. The predicted molar refractivity (Wildman–Crippen MR) is 118 cm³/mol. The molecule has 3 rings (SSSR count). The van der Waals surface area contributed by atoms with E-state index in [1.54, 1.807) is 48.5 Å². The number of aliphatic carboxylic acids is 1. The summed E-state index contributed by atoms with van der Waals surface area (Å²) in [7, 11) is 1.44. The van der Waals surface area contributed by atoms with E-state index in [2.05, 4.69) is 15.6 Å². The molecule has 0 unspecified atom stereocenters. The number of rotatable bonds is 7. The predicted octanol–water partition coefficient (Wildman–Crippen LogP) is 3.01. The molecule has 0 radical (unpaired) electrons. The Morgan fingerprint density at radius 2 is 1.94 bits per heavy atom. The maximum atomic E-state index is 12.3. The van der Waals surface area contributed by atoms with Crippen molar-refractivity contribution in [3.8, 4) is 11.5 Å². The topological polar surface area (TPSA) is 126 Å². The Kier molecular flexibility index (Phi) is 6.93. The minimum Gasteiger partial charge on any atom is -0.493 e. The first-order chi connectivity index (χ1) is 14.8. The first-order valence-corrected chi connectivity index (χ1v) is 9.85. The van der Waals surface area contributed by atoms with E-state index < -0.39 is 12.6 Å². The normalized spacial score (nSPS) is 15.6. The van der Waals surface area contributed by atoms with Gasteiger partial charge in [0.2, 0.25) is 5.91 Å². The fraction of sp³-hybridized carbons (Fsp3) is 0.143. The van der Waals surface area contributed by atoms with Crippen LogP contribution in [-0.4, -0.2) is 41.8 Å². The van der Waals surface area contributed by atoms with E-state index in [4.69, 9.17) is 14.6 Å². The Morgan fingerprint density at radius 3 is 2.58 bits per heavy atom. The number of carboxylic acid groups (broad SMARTS) is 1. The molecule has 0 spiro atoms. The Balaban J connectivity index is 1.74. The zero-order valence-electron chi connectivity index (χ0n) is 16.7. The van der Waals surface area contributed by atoms with Crippen molar-refractivity contribution in [1.82, 2.24) is 5.32 Å². The number of carbonyl (C=O) groups excluding carboxylic acids is 2. The van der Waals surface area contributed by atoms with Crippen LogP contribution >= 0.6 is 11.8 Å². The van der Waals surface area contributed by atoms with Crippen LogP contribution in [-0.2, 0) is 14.4 Å². The summed E-state index contributed by atoms with van der Waals surface area (Å²) in [4.78, 5) is 38.9. The standard InChI is InChI=1S/C21H19N3O6S/c1-12(25)22-14-4-6-15(7-5-14)23-21-24-20(28)18(31-21)10-13-3-8-16(17(9-13)29-2)30-11-19(26)27/h3-10H,11H2,1-2H3,(H,22,25)(H,26,27)(H,23,24,28)/b18-10+. The molecule has 2 amide bonds. The number of benzene rings is 2. The van der Waals surface area contributed by atoms with Crippen LogP contribution < -0.4 is 20.1 Å². The lowest BCUT2D eigenvalue weighted by Gasteiger charge is -2.09. The highest BCUT2D eigenvalue weighted by Gasteiger charge is 2.24. The summed E-state index contributed by atoms with van der Waals surface area (Å²) in [6, 6.07) is 11.8. The molecule has 2 aromatic carbocycles. The van der Waals surface area contributed by atoms with Gasteiger partial charge in [-0.15, -0.1) is 0 Å². The lowest BCUT2D eigenvalue weighted by atomic mass is 10.2. The quantitative estimate of drug-likeness (QED) is 0.564. The number of carbonyl (C=O) groups is 3. The number of nitrogens with one attached hydrogen (secondary N) is 2. The number of hydrogen-bond acceptors (Lipinski definition) is 7. The Labute approximate surface area is 182 Å². The third-order valence-electron chi connectivity index (χ3n) is 3.91. The molecule has 0 atom stereocenters. The van der Waals surface area contributed by atoms with E-state index in [1.165, 1.54) is 25.8 Å². The first-order valence-electron chi connectivity index (χ1n) is 9.04. The van der Waals surface area contributed by atoms with Crippen LogP contribution in [0.4, 0.5) is 11.4 Å². The number of hydrogen-bond donors (Lipinski definition) is 3. The van der Waals surface area contributed by atoms with Gasteiger partial charge in [-0.2, -0.15) is 0 Å². The molecule has 0 aromatic heterocycles. The number of aliphatic imine (C=N–C) groups is 1. The van der Waals surface area contributed by atoms with Crippen LogP contribution in [0.1, 0.15) is 12.5 Å². The number of amides is 2. The number of ether oxygens (including phenoxy) is 2. The fourth-order valence-electron chi connectivity index (χ4n) is 2.60. The summed E-state index contributed by atoms with van der Waals surface area (Å²) in [6.45, 7) is 0.944. The SMILES string of the molecule is COc1cc(/C=C2/SC(=Nc3ccc(NC(C)=O)cc3)NC2=O)ccc1OCC(=O)O. The van der Waals surface area contributed by atoms with E-state index >= 15 is 0 Å². The second-order valence-corrected chi connectivity index (χ2v) is 7.33. The molecule has 2 aromatic rings. The molecule has 3 N–H and O–H groups in total. The van der Waals surface area contributed by atoms with Gasteiger partial charge in [0.1, 0.15) is 0 Å². The number of nitrogens with zero attached hydrogens (tertiary/aromatic N) is 1. The van der Waals surface area contributed by atoms with Gasteiger partial charge in [-0.3, -0.25) is 9.59 Å². The van der Waals surface area contributed by atoms with Crippen LogP contribution in [0.3, 0.4) is 0 Å². The molecular weight excluding hydrogens is 422 g/mol. The van der Waals surface area contributed by atoms with Gasteiger partial charge in [0.05, 0.1) is 17.7 Å². The third-order valence-corrected chi connectivity index (χ3v) is 4.82. The van der Waals surface area contributed by atoms with Crippen LogP contribution in [0.2, 0.25) is 0 Å². The molecule has 1 aliphatic heterocycles. The second kappa shape index (κ2) is 9.81. The Morgan fingerprint density at radius 1 is 1.19 bits per heavy atom. The zero-order chi connectivity index (χ0) is 22.4. The molecule has 160 valence electrons. The molecule has 10 heteroatoms. The van der Waals surface area contributed by atoms with Crippen molar-refractivity contribution in [3.63, 3.8) is 0 Å². The molecule has 1 saturated heterocycles. The van der Waals surface area contributed by atoms with Gasteiger partial charge in [-0.1, -0.05) is 6.07 Å². The van der Waals surface area contributed by atoms with Crippen LogP contribution in [0.5, 0.6) is 11.5 Å². The monoisotopic (exact) mass is 441 g/mol. The Hall–Kier alpha value is -3.79. The van der Waals surface area contributed by atoms with Gasteiger partial charge in [-0.05, 0) is 59.8 Å². The average molecular weight is 441 g/mol. The van der Waals surface area contributed by atoms with Gasteiger partial charge in [0.25, 0.3) is 5.91 Å². The highest BCUT2D eigenvalue weighted by molar-refractivity contribution is 8.18. The number of carboxylic acids is 1. The summed E-state index contributed by atoms with van der Waals surface area (Å²) >= 11 is 1.19. The Bertz CT molecular complexity index is 1080. The third kappa shape index (κ3) is 6.09. The van der Waals surface area contributed by atoms with E-state index in [0.29, 0.717) is 38.5 Å². The van der Waals surface area contributed by atoms with Crippen LogP contribution in [0.25, 0.3) is 6.08 Å². The summed E-state index contributed by atoms with van der Waals surface area (Å²) in [5.41, 5.74) is 1.96. The minimum absolute atomic E-state index is 0.162. The molecule has 0 saturated carbocycles. The number of amidine groups is 1. The lowest BCUT2D eigenvalue weighted by Crippen LogP contribution is -2.19. The minimum atomic E-state index is -1.09. The summed E-state index contributed by atoms with van der Waals surface area (Å²) < 4.78 is 10.4. The van der Waals surface area contributed by atoms with E-state index in [1.807, 2.05) is 0 Å². The molecule has 1 heterocycles. The molecule has 0 aliphatic carbocycles. The molecule has 0 bridgehead atoms. The molecule has 9 nitrogen and oxygen atoms in total. The molecule has 1 fully saturated rings. The highest BCUT2D eigenvalue weighted by atomic mass is 32.2. The van der Waals surface area contributed by atoms with E-state index in [-0.39, 0.29) is 11.8 Å². The smallest absolute Gasteiger partial charge is 0.341 e. The van der Waals surface area contributed by atoms with Crippen LogP contribution in [0.15, 0.2) is 52.4 Å². The van der Waals surface area contributed by atoms with Gasteiger partial charge >= 0.3 is 5.97 Å². The highest BCUT2D eigenvalue weighted by Crippen LogP contribution is 2.32. The van der Waals surface area contributed by atoms with Crippen molar-refractivity contribution in [2.24, 2.45) is 4.99 Å². The van der Waals surface area contributed by atoms with Crippen molar-refractivity contribution in [2.45, 2.75) is 6.92 Å². The average Bonchev–Trinajstić information content (AvgIpc) is 3.06. The maximum Gasteiger partial charge on any atom is 0.341 e. The van der Waals surface area contributed by atoms with Crippen molar-refractivity contribution >= 4 is 52.2 Å². The maximum absolute atomic E-state index is 12.3. The van der Waals surface area contributed by atoms with Crippen molar-refractivity contribution in [1.29, 1.82) is 0 Å². The van der Waals surface area contributed by atoms with E-state index in [9.17, 15) is 14.4 Å². The van der Waals surface area contributed by atoms with Gasteiger partial charge in [-0.25, -0.2) is 9.79 Å². The summed E-state index contributed by atoms with van der Waals surface area (Å²) in [5, 5.41) is 14.5. The second-order valence-electron chi connectivity index (χ2n) is 6.30.